The number of ketones is 1. The fraction of sp³-hybridized carbons (Fsp3) is 0.182. The summed E-state index contributed by atoms with van der Waals surface area (Å²) in [5.74, 6) is -3.17. The maximum Gasteiger partial charge on any atom is 0.291 e. The van der Waals surface area contributed by atoms with Crippen LogP contribution in [0.2, 0.25) is 0 Å². The average Bonchev–Trinajstić information content (AvgIpc) is 2.18. The lowest BCUT2D eigenvalue weighted by molar-refractivity contribution is 0.0525. The predicted molar refractivity (Wildman–Crippen MR) is 50.5 cm³/mol. The molecule has 0 saturated carbocycles. The lowest BCUT2D eigenvalue weighted by Crippen LogP contribution is -2.08. The van der Waals surface area contributed by atoms with E-state index >= 15 is 0 Å². The van der Waals surface area contributed by atoms with Crippen LogP contribution in [0.15, 0.2) is 36.9 Å². The van der Waals surface area contributed by atoms with Gasteiger partial charge in [-0.15, -0.1) is 0 Å². The molecule has 1 nitrogen and oxygen atoms in total. The van der Waals surface area contributed by atoms with E-state index in [1.165, 1.54) is 31.2 Å². The molecule has 14 heavy (non-hydrogen) atoms. The number of allylic oxidation sites excluding steroid dienone is 1. The largest absolute Gasteiger partial charge is 0.295 e. The lowest BCUT2D eigenvalue weighted by atomic mass is 10.0. The molecule has 0 N–H and O–H groups in total. The monoisotopic (exact) mass is 196 g/mol. The van der Waals surface area contributed by atoms with Crippen molar-refractivity contribution in [3.63, 3.8) is 0 Å². The number of Topliss-reactive ketones (excluding diaryl/α,β-unsaturated/α-hetero) is 1. The van der Waals surface area contributed by atoms with E-state index in [0.29, 0.717) is 11.6 Å². The Labute approximate surface area is 81.1 Å². The van der Waals surface area contributed by atoms with Crippen LogP contribution < -0.4 is 0 Å². The molecule has 0 bridgehead atoms. The Morgan fingerprint density at radius 1 is 1.36 bits per heavy atom. The molecule has 0 radical (unpaired) electrons. The second-order valence-electron chi connectivity index (χ2n) is 2.96. The highest BCUT2D eigenvalue weighted by Gasteiger charge is 2.26. The zero-order valence-electron chi connectivity index (χ0n) is 7.76. The maximum atomic E-state index is 13.0. The fourth-order valence-corrected chi connectivity index (χ4v) is 1.05. The Balaban J connectivity index is 3.05. The molecule has 0 heterocycles. The number of hydrogen-bond acceptors (Lipinski definition) is 1. The van der Waals surface area contributed by atoms with Crippen molar-refractivity contribution in [2.24, 2.45) is 0 Å². The van der Waals surface area contributed by atoms with Crippen molar-refractivity contribution in [2.45, 2.75) is 12.8 Å². The quantitative estimate of drug-likeness (QED) is 0.536. The normalized spacial score (nSPS) is 11.1. The number of halogens is 2. The third kappa shape index (κ3) is 2.05. The number of benzene rings is 1. The molecule has 0 saturated heterocycles. The van der Waals surface area contributed by atoms with Crippen molar-refractivity contribution < 1.29 is 13.6 Å². The van der Waals surface area contributed by atoms with Crippen molar-refractivity contribution >= 4 is 5.78 Å². The van der Waals surface area contributed by atoms with Crippen LogP contribution in [-0.4, -0.2) is 5.78 Å². The smallest absolute Gasteiger partial charge is 0.291 e. The van der Waals surface area contributed by atoms with Gasteiger partial charge in [0.05, 0.1) is 0 Å². The number of carbonyl (C=O) groups is 1. The second kappa shape index (κ2) is 3.70. The molecule has 3 heteroatoms. The zero-order chi connectivity index (χ0) is 10.8. The minimum atomic E-state index is -3.03. The Bertz CT molecular complexity index is 352. The first-order valence-electron chi connectivity index (χ1n) is 4.10. The van der Waals surface area contributed by atoms with Gasteiger partial charge in [0.2, 0.25) is 0 Å². The Morgan fingerprint density at radius 3 is 2.21 bits per heavy atom. The van der Waals surface area contributed by atoms with Crippen LogP contribution in [0.4, 0.5) is 8.78 Å². The second-order valence-corrected chi connectivity index (χ2v) is 2.96. The molecule has 0 unspecified atom stereocenters. The van der Waals surface area contributed by atoms with Crippen LogP contribution in [-0.2, 0) is 5.92 Å². The lowest BCUT2D eigenvalue weighted by Gasteiger charge is -2.11. The fourth-order valence-electron chi connectivity index (χ4n) is 1.05. The van der Waals surface area contributed by atoms with E-state index < -0.39 is 5.92 Å². The van der Waals surface area contributed by atoms with Gasteiger partial charge < -0.3 is 0 Å². The first kappa shape index (κ1) is 10.6. The highest BCUT2D eigenvalue weighted by Crippen LogP contribution is 2.28. The summed E-state index contributed by atoms with van der Waals surface area (Å²) in [5, 5.41) is 0. The molecule has 0 atom stereocenters. The Kier molecular flexibility index (Phi) is 2.79. The van der Waals surface area contributed by atoms with Gasteiger partial charge in [-0.05, 0) is 13.0 Å². The first-order valence-corrected chi connectivity index (χ1v) is 4.10. The molecule has 1 aromatic rings. The van der Waals surface area contributed by atoms with Crippen molar-refractivity contribution in [1.29, 1.82) is 0 Å². The van der Waals surface area contributed by atoms with Gasteiger partial charge in [-0.25, -0.2) is 0 Å². The van der Waals surface area contributed by atoms with Gasteiger partial charge in [-0.1, -0.05) is 30.8 Å². The van der Waals surface area contributed by atoms with Gasteiger partial charge in [-0.2, -0.15) is 8.78 Å². The van der Waals surface area contributed by atoms with Crippen LogP contribution in [0.25, 0.3) is 0 Å². The molecule has 1 rings (SSSR count). The number of rotatable bonds is 3. The third-order valence-corrected chi connectivity index (χ3v) is 1.93. The summed E-state index contributed by atoms with van der Waals surface area (Å²) in [6.45, 7) is 4.44. The molecule has 0 aliphatic carbocycles. The highest BCUT2D eigenvalue weighted by atomic mass is 19.3. The summed E-state index contributed by atoms with van der Waals surface area (Å²) >= 11 is 0. The summed E-state index contributed by atoms with van der Waals surface area (Å²) in [4.78, 5) is 10.9. The van der Waals surface area contributed by atoms with Gasteiger partial charge in [0.1, 0.15) is 0 Å². The molecule has 74 valence electrons. The molecule has 0 spiro atoms. The van der Waals surface area contributed by atoms with E-state index in [1.54, 1.807) is 0 Å². The van der Waals surface area contributed by atoms with Crippen LogP contribution in [0.3, 0.4) is 0 Å². The van der Waals surface area contributed by atoms with E-state index in [0.717, 1.165) is 0 Å². The van der Waals surface area contributed by atoms with Crippen molar-refractivity contribution in [3.8, 4) is 0 Å². The van der Waals surface area contributed by atoms with Crippen molar-refractivity contribution in [1.82, 2.24) is 0 Å². The Hall–Kier alpha value is -1.51. The average molecular weight is 196 g/mol. The Morgan fingerprint density at radius 2 is 1.86 bits per heavy atom. The molecule has 0 aliphatic rings. The summed E-state index contributed by atoms with van der Waals surface area (Å²) in [5.41, 5.74) is 0.270. The van der Waals surface area contributed by atoms with Gasteiger partial charge >= 0.3 is 0 Å². The molecule has 0 aliphatic heterocycles. The minimum Gasteiger partial charge on any atom is -0.295 e. The topological polar surface area (TPSA) is 17.1 Å². The van der Waals surface area contributed by atoms with Gasteiger partial charge in [0.25, 0.3) is 5.92 Å². The van der Waals surface area contributed by atoms with Crippen molar-refractivity contribution in [3.05, 3.63) is 48.0 Å². The number of carbonyl (C=O) groups excluding carboxylic acids is 1. The van der Waals surface area contributed by atoms with E-state index in [4.69, 9.17) is 0 Å². The third-order valence-electron chi connectivity index (χ3n) is 1.93. The molecule has 0 aromatic heterocycles. The standard InChI is InChI=1S/C11H10F2O/c1-3-11(12,13)10-6-4-9(5-7-10)8(2)14/h3-7H,1H2,2H3. The predicted octanol–water partition coefficient (Wildman–Crippen LogP) is 3.17. The van der Waals surface area contributed by atoms with Crippen LogP contribution >= 0.6 is 0 Å². The SMILES string of the molecule is C=CC(F)(F)c1ccc(C(C)=O)cc1. The van der Waals surface area contributed by atoms with Crippen molar-refractivity contribution in [2.75, 3.05) is 0 Å². The van der Waals surface area contributed by atoms with Gasteiger partial charge in [0.15, 0.2) is 5.78 Å². The summed E-state index contributed by atoms with van der Waals surface area (Å²) < 4.78 is 26.0. The van der Waals surface area contributed by atoms with E-state index in [9.17, 15) is 13.6 Å². The van der Waals surface area contributed by atoms with Gasteiger partial charge in [-0.3, -0.25) is 4.79 Å². The zero-order valence-corrected chi connectivity index (χ0v) is 7.76. The van der Waals surface area contributed by atoms with Crippen LogP contribution in [0, 0.1) is 0 Å². The summed E-state index contributed by atoms with van der Waals surface area (Å²) in [6.07, 6.45) is 0.579. The van der Waals surface area contributed by atoms with Gasteiger partial charge in [0, 0.05) is 11.1 Å². The van der Waals surface area contributed by atoms with E-state index in [1.807, 2.05) is 0 Å². The molecule has 0 fully saturated rings. The van der Waals surface area contributed by atoms with E-state index in [2.05, 4.69) is 6.58 Å². The maximum absolute atomic E-state index is 13.0. The highest BCUT2D eigenvalue weighted by molar-refractivity contribution is 5.94. The van der Waals surface area contributed by atoms with E-state index in [-0.39, 0.29) is 11.3 Å². The number of hydrogen-bond donors (Lipinski definition) is 0. The molecule has 0 amide bonds. The summed E-state index contributed by atoms with van der Waals surface area (Å²) in [6, 6.07) is 5.24. The first-order chi connectivity index (χ1) is 6.47. The molecular weight excluding hydrogens is 186 g/mol. The van der Waals surface area contributed by atoms with Crippen LogP contribution in [0.1, 0.15) is 22.8 Å². The molecular formula is C11H10F2O. The minimum absolute atomic E-state index is 0.140. The van der Waals surface area contributed by atoms with Crippen LogP contribution in [0.5, 0.6) is 0 Å². The summed E-state index contributed by atoms with van der Waals surface area (Å²) in [7, 11) is 0. The number of alkyl halides is 2. The molecule has 1 aromatic carbocycles.